The Morgan fingerprint density at radius 2 is 0.793 bits per heavy atom. The van der Waals surface area contributed by atoms with Crippen molar-refractivity contribution >= 4 is 81.4 Å². The second-order valence-corrected chi connectivity index (χ2v) is 32.0. The molecule has 0 saturated carbocycles. The van der Waals surface area contributed by atoms with Crippen molar-refractivity contribution in [1.29, 1.82) is 0 Å². The maximum atomic E-state index is 6.45. The predicted molar refractivity (Wildman–Crippen MR) is 117 cm³/mol. The van der Waals surface area contributed by atoms with E-state index in [4.69, 9.17) is 49.4 Å². The van der Waals surface area contributed by atoms with Crippen LogP contribution in [0.5, 0.6) is 0 Å². The zero-order valence-electron chi connectivity index (χ0n) is 18.0. The molecule has 4 aliphatic heterocycles. The van der Waals surface area contributed by atoms with E-state index in [1.54, 1.807) is 45.8 Å². The van der Waals surface area contributed by atoms with Gasteiger partial charge in [0.1, 0.15) is 10.5 Å². The molecule has 0 spiro atoms. The van der Waals surface area contributed by atoms with Crippen molar-refractivity contribution in [3.05, 3.63) is 0 Å². The Balaban J connectivity index is 1.93. The van der Waals surface area contributed by atoms with Crippen LogP contribution in [-0.4, -0.2) is 81.4 Å². The average molecular weight is 569 g/mol. The van der Waals surface area contributed by atoms with Gasteiger partial charge in [0, 0.05) is 45.8 Å². The molecule has 6 bridgehead atoms. The molecule has 4 atom stereocenters. The van der Waals surface area contributed by atoms with Crippen molar-refractivity contribution in [3.8, 4) is 0 Å². The first-order valence-electron chi connectivity index (χ1n) is 9.24. The summed E-state index contributed by atoms with van der Waals surface area (Å²) in [6.45, 7) is 14.3. The Hall–Kier alpha value is 1.47. The van der Waals surface area contributed by atoms with Crippen LogP contribution in [0.4, 0.5) is 0 Å². The Morgan fingerprint density at radius 1 is 0.517 bits per heavy atom. The molecule has 0 aromatic carbocycles. The van der Waals surface area contributed by atoms with Crippen molar-refractivity contribution in [1.82, 2.24) is 0 Å². The van der Waals surface area contributed by atoms with Gasteiger partial charge in [-0.3, -0.25) is 0 Å². The lowest BCUT2D eigenvalue weighted by molar-refractivity contribution is 0.0154. The highest BCUT2D eigenvalue weighted by Crippen LogP contribution is 2.43. The minimum Gasteiger partial charge on any atom is -0.425 e. The zero-order chi connectivity index (χ0) is 21.6. The van der Waals surface area contributed by atoms with E-state index in [0.29, 0.717) is 10.5 Å². The first-order chi connectivity index (χ1) is 13.0. The molecule has 0 aromatic heterocycles. The summed E-state index contributed by atoms with van der Waals surface area (Å²) in [4.78, 5) is 0. The van der Waals surface area contributed by atoms with E-state index in [2.05, 4.69) is 0 Å². The maximum Gasteiger partial charge on any atom is 0.475 e. The van der Waals surface area contributed by atoms with Crippen LogP contribution in [0.1, 0.15) is 0 Å². The molecule has 0 N–H and O–H groups in total. The van der Waals surface area contributed by atoms with Gasteiger partial charge in [-0.15, -0.1) is 0 Å². The summed E-state index contributed by atoms with van der Waals surface area (Å²) in [5.41, 5.74) is 0. The van der Waals surface area contributed by atoms with Crippen LogP contribution < -0.4 is 0 Å². The van der Waals surface area contributed by atoms with E-state index in [-0.39, 0.29) is 0 Å². The van der Waals surface area contributed by atoms with E-state index in [1.807, 2.05) is 6.55 Å². The smallest absolute Gasteiger partial charge is 0.425 e. The van der Waals surface area contributed by atoms with E-state index in [9.17, 15) is 0 Å². The van der Waals surface area contributed by atoms with Gasteiger partial charge in [-0.1, -0.05) is 0 Å². The Morgan fingerprint density at radius 3 is 1.10 bits per heavy atom. The molecular formula is C8H28O12Si9. The molecule has 0 amide bonds. The molecule has 0 radical (unpaired) electrons. The minimum absolute atomic E-state index is 0.389. The van der Waals surface area contributed by atoms with Gasteiger partial charge >= 0.3 is 70.9 Å². The van der Waals surface area contributed by atoms with Gasteiger partial charge in [0.15, 0.2) is 0 Å². The summed E-state index contributed by atoms with van der Waals surface area (Å²) < 4.78 is 76.2. The van der Waals surface area contributed by atoms with Gasteiger partial charge < -0.3 is 49.4 Å². The van der Waals surface area contributed by atoms with Gasteiger partial charge in [0.05, 0.1) is 0 Å². The second kappa shape index (κ2) is 6.99. The van der Waals surface area contributed by atoms with Crippen molar-refractivity contribution in [2.24, 2.45) is 0 Å². The van der Waals surface area contributed by atoms with Crippen LogP contribution in [0.3, 0.4) is 0 Å². The van der Waals surface area contributed by atoms with Gasteiger partial charge in [0.2, 0.25) is 0 Å². The number of hydrogen-bond acceptors (Lipinski definition) is 12. The molecule has 4 aliphatic rings. The molecule has 21 heteroatoms. The monoisotopic (exact) mass is 568 g/mol. The lowest BCUT2D eigenvalue weighted by atomic mass is 11.9. The van der Waals surface area contributed by atoms with Crippen molar-refractivity contribution in [2.75, 3.05) is 0 Å². The first-order valence-corrected chi connectivity index (χ1v) is 27.7. The lowest BCUT2D eigenvalue weighted by Gasteiger charge is -2.56. The highest BCUT2D eigenvalue weighted by atomic mass is 28.6. The lowest BCUT2D eigenvalue weighted by Crippen LogP contribution is -2.81. The summed E-state index contributed by atoms with van der Waals surface area (Å²) >= 11 is 0. The summed E-state index contributed by atoms with van der Waals surface area (Å²) in [6.07, 6.45) is 0. The fourth-order valence-corrected chi connectivity index (χ4v) is 46.6. The molecule has 4 fully saturated rings. The molecule has 29 heavy (non-hydrogen) atoms. The molecule has 4 rings (SSSR count). The standard InChI is InChI=1S/C8H28O12Si9/c1-22-10-24(3)14-26(5)12-23(2,9-21)13-27(6)15-25(4,11-22)17-28(7,16-24)20-29(8,18-26)19-27/h22H,1-8,21H3. The summed E-state index contributed by atoms with van der Waals surface area (Å²) in [6, 6.07) is 0. The van der Waals surface area contributed by atoms with Gasteiger partial charge in [-0.2, -0.15) is 0 Å². The van der Waals surface area contributed by atoms with Gasteiger partial charge in [-0.25, -0.2) is 0 Å². The molecular weight excluding hydrogens is 541 g/mol. The van der Waals surface area contributed by atoms with Crippen molar-refractivity contribution in [3.63, 3.8) is 0 Å². The van der Waals surface area contributed by atoms with Crippen LogP contribution in [0.15, 0.2) is 0 Å². The third-order valence-corrected chi connectivity index (χ3v) is 40.2. The largest absolute Gasteiger partial charge is 0.475 e. The van der Waals surface area contributed by atoms with Crippen LogP contribution in [0, 0.1) is 0 Å². The molecule has 4 heterocycles. The Labute approximate surface area is 182 Å². The highest BCUT2D eigenvalue weighted by Gasteiger charge is 2.73. The zero-order valence-corrected chi connectivity index (χ0v) is 28.1. The quantitative estimate of drug-likeness (QED) is 0.375. The molecule has 4 unspecified atom stereocenters. The van der Waals surface area contributed by atoms with E-state index >= 15 is 0 Å². The van der Waals surface area contributed by atoms with Crippen LogP contribution in [0.2, 0.25) is 52.4 Å². The van der Waals surface area contributed by atoms with E-state index in [0.717, 1.165) is 0 Å². The van der Waals surface area contributed by atoms with E-state index < -0.39 is 70.9 Å². The molecule has 168 valence electrons. The average Bonchev–Trinajstić information content (AvgIpc) is 2.36. The van der Waals surface area contributed by atoms with Gasteiger partial charge in [0.25, 0.3) is 0 Å². The van der Waals surface area contributed by atoms with Crippen LogP contribution in [0.25, 0.3) is 0 Å². The Bertz CT molecular complexity index is 654. The van der Waals surface area contributed by atoms with Gasteiger partial charge in [-0.05, 0) is 6.55 Å². The summed E-state index contributed by atoms with van der Waals surface area (Å²) in [5, 5.41) is 0. The highest BCUT2D eigenvalue weighted by molar-refractivity contribution is 6.99. The number of hydrogen-bond donors (Lipinski definition) is 0. The minimum atomic E-state index is -3.43. The van der Waals surface area contributed by atoms with E-state index in [1.165, 1.54) is 0 Å². The SMILES string of the molecule is C[SiH]1O[Si]2(C)O[Si]3(C)O[Si](C)(O[SiH3])O[Si]4(C)O[Si](C)(O1)O[Si](C)(O2)O[Si](C)(O3)O4. The normalized spacial score (nSPS) is 60.6. The molecule has 0 aliphatic carbocycles. The topological polar surface area (TPSA) is 111 Å². The Kier molecular flexibility index (Phi) is 5.69. The fraction of sp³-hybridized carbons (Fsp3) is 1.00. The summed E-state index contributed by atoms with van der Waals surface area (Å²) in [5.74, 6) is 0. The van der Waals surface area contributed by atoms with Crippen LogP contribution >= 0.6 is 0 Å². The third kappa shape index (κ3) is 4.74. The third-order valence-electron chi connectivity index (χ3n) is 4.47. The first kappa shape index (κ1) is 23.6. The van der Waals surface area contributed by atoms with Crippen molar-refractivity contribution < 1.29 is 49.4 Å². The fourth-order valence-electron chi connectivity index (χ4n) is 4.15. The molecule has 12 nitrogen and oxygen atoms in total. The summed E-state index contributed by atoms with van der Waals surface area (Å²) in [7, 11) is -25.4. The number of fused-ring (bicyclic) bond motifs is 4. The van der Waals surface area contributed by atoms with Crippen molar-refractivity contribution in [2.45, 2.75) is 52.4 Å². The number of rotatable bonds is 1. The second-order valence-electron chi connectivity index (χ2n) is 7.96. The maximum absolute atomic E-state index is 6.45. The molecule has 4 saturated heterocycles. The molecule has 0 aromatic rings. The van der Waals surface area contributed by atoms with Crippen LogP contribution in [-0.2, 0) is 49.4 Å². The predicted octanol–water partition coefficient (Wildman–Crippen LogP) is -0.648.